The zero-order chi connectivity index (χ0) is 35.9. The minimum Gasteiger partial charge on any atom is -0.494 e. The lowest BCUT2D eigenvalue weighted by Crippen LogP contribution is -2.45. The number of pyridine rings is 1. The lowest BCUT2D eigenvalue weighted by Gasteiger charge is -2.16. The molecule has 270 valence electrons. The normalized spacial score (nSPS) is 11.2. The zero-order valence-electron chi connectivity index (χ0n) is 28.4. The molecular formula is C33H47ClN6O9. The molecule has 0 saturated heterocycles. The number of aromatic nitrogens is 3. The molecule has 49 heavy (non-hydrogen) atoms. The van der Waals surface area contributed by atoms with Crippen LogP contribution in [-0.4, -0.2) is 113 Å². The zero-order valence-corrected chi connectivity index (χ0v) is 29.2. The van der Waals surface area contributed by atoms with E-state index in [1.165, 1.54) is 18.0 Å². The Bertz CT molecular complexity index is 1460. The maximum atomic E-state index is 12.4. The maximum Gasteiger partial charge on any atom is 0.278 e. The standard InChI is InChI=1S/C19H24N4O5.C14H23ClN2O4/c1-23-19(26)17(16(28-3)11-22-23)14-6-4-13(5-7-14)10-15(21-12-24)18(25)20-8-9-27-2;1-12-2-3-13(17-14(12)15)21-11-10-20-9-8-19-7-6-18-5-4-16/h4-7,11-12,15H,8-10H2,1-3H3,(H,20,25)(H,21,24);2-3H,4-11,16H2,1H3. The molecule has 2 aromatic heterocycles. The van der Waals surface area contributed by atoms with Crippen LogP contribution in [0.15, 0.2) is 47.4 Å². The van der Waals surface area contributed by atoms with E-state index < -0.39 is 6.04 Å². The van der Waals surface area contributed by atoms with Gasteiger partial charge in [0.05, 0.1) is 65.1 Å². The molecule has 1 unspecified atom stereocenters. The van der Waals surface area contributed by atoms with Gasteiger partial charge in [0.15, 0.2) is 5.75 Å². The quantitative estimate of drug-likeness (QED) is 0.0774. The Morgan fingerprint density at radius 2 is 1.63 bits per heavy atom. The van der Waals surface area contributed by atoms with Gasteiger partial charge in [-0.1, -0.05) is 41.9 Å². The highest BCUT2D eigenvalue weighted by molar-refractivity contribution is 6.30. The summed E-state index contributed by atoms with van der Waals surface area (Å²) in [5.74, 6) is 0.592. The molecule has 0 aliphatic carbocycles. The summed E-state index contributed by atoms with van der Waals surface area (Å²) in [6.07, 6.45) is 2.29. The molecule has 15 nitrogen and oxygen atoms in total. The molecule has 1 aromatic carbocycles. The number of carbonyl (C=O) groups is 2. The fourth-order valence-electron chi connectivity index (χ4n) is 4.09. The molecule has 0 saturated carbocycles. The van der Waals surface area contributed by atoms with Gasteiger partial charge in [0.1, 0.15) is 17.8 Å². The van der Waals surface area contributed by atoms with Gasteiger partial charge in [-0.05, 0) is 23.6 Å². The third kappa shape index (κ3) is 15.3. The minimum absolute atomic E-state index is 0.273. The molecule has 2 heterocycles. The van der Waals surface area contributed by atoms with E-state index in [4.69, 9.17) is 45.8 Å². The summed E-state index contributed by atoms with van der Waals surface area (Å²) in [4.78, 5) is 39.6. The Balaban J connectivity index is 0.000000355. The predicted octanol–water partition coefficient (Wildman–Crippen LogP) is 1.31. The van der Waals surface area contributed by atoms with E-state index in [1.54, 1.807) is 44.5 Å². The molecule has 0 fully saturated rings. The van der Waals surface area contributed by atoms with Crippen molar-refractivity contribution < 1.29 is 38.0 Å². The number of carbonyl (C=O) groups excluding carboxylic acids is 2. The predicted molar refractivity (Wildman–Crippen MR) is 184 cm³/mol. The number of nitrogens with one attached hydrogen (secondary N) is 2. The van der Waals surface area contributed by atoms with Crippen LogP contribution in [0.3, 0.4) is 0 Å². The van der Waals surface area contributed by atoms with E-state index in [1.807, 2.05) is 13.0 Å². The van der Waals surface area contributed by atoms with Crippen LogP contribution in [0.5, 0.6) is 11.6 Å². The van der Waals surface area contributed by atoms with Gasteiger partial charge < -0.3 is 44.8 Å². The van der Waals surface area contributed by atoms with Gasteiger partial charge in [-0.15, -0.1) is 0 Å². The number of amides is 2. The number of hydrogen-bond donors (Lipinski definition) is 3. The molecule has 0 spiro atoms. The van der Waals surface area contributed by atoms with Crippen molar-refractivity contribution in [1.29, 1.82) is 0 Å². The third-order valence-electron chi connectivity index (χ3n) is 6.69. The summed E-state index contributed by atoms with van der Waals surface area (Å²) in [7, 11) is 4.59. The van der Waals surface area contributed by atoms with Crippen LogP contribution in [0.1, 0.15) is 11.1 Å². The Morgan fingerprint density at radius 1 is 0.980 bits per heavy atom. The van der Waals surface area contributed by atoms with E-state index >= 15 is 0 Å². The highest BCUT2D eigenvalue weighted by atomic mass is 35.5. The van der Waals surface area contributed by atoms with Gasteiger partial charge in [0.2, 0.25) is 18.2 Å². The number of methoxy groups -OCH3 is 2. The highest BCUT2D eigenvalue weighted by Crippen LogP contribution is 2.25. The minimum atomic E-state index is -0.705. The van der Waals surface area contributed by atoms with E-state index in [0.29, 0.717) is 107 Å². The largest absolute Gasteiger partial charge is 0.494 e. The molecule has 0 radical (unpaired) electrons. The van der Waals surface area contributed by atoms with Crippen LogP contribution < -0.4 is 31.4 Å². The molecule has 4 N–H and O–H groups in total. The van der Waals surface area contributed by atoms with E-state index in [0.717, 1.165) is 11.1 Å². The Hall–Kier alpha value is -4.12. The van der Waals surface area contributed by atoms with Crippen molar-refractivity contribution >= 4 is 23.9 Å². The number of nitrogens with zero attached hydrogens (tertiary/aromatic N) is 3. The van der Waals surface area contributed by atoms with Gasteiger partial charge in [-0.25, -0.2) is 9.67 Å². The first-order valence-corrected chi connectivity index (χ1v) is 16.0. The van der Waals surface area contributed by atoms with Crippen molar-refractivity contribution in [2.75, 3.05) is 80.2 Å². The van der Waals surface area contributed by atoms with Gasteiger partial charge in [0, 0.05) is 39.7 Å². The molecular weight excluding hydrogens is 660 g/mol. The van der Waals surface area contributed by atoms with Crippen LogP contribution in [0, 0.1) is 6.92 Å². The van der Waals surface area contributed by atoms with Crippen molar-refractivity contribution in [2.24, 2.45) is 12.8 Å². The second kappa shape index (κ2) is 24.1. The third-order valence-corrected chi connectivity index (χ3v) is 7.07. The van der Waals surface area contributed by atoms with Gasteiger partial charge in [-0.2, -0.15) is 5.10 Å². The molecule has 0 bridgehead atoms. The molecule has 16 heteroatoms. The summed E-state index contributed by atoms with van der Waals surface area (Å²) in [6.45, 7) is 6.77. The van der Waals surface area contributed by atoms with Crippen molar-refractivity contribution in [3.8, 4) is 22.8 Å². The molecule has 3 aromatic rings. The first-order chi connectivity index (χ1) is 23.7. The van der Waals surface area contributed by atoms with Gasteiger partial charge in [-0.3, -0.25) is 14.4 Å². The topological polar surface area (TPSA) is 187 Å². The maximum absolute atomic E-state index is 12.4. The highest BCUT2D eigenvalue weighted by Gasteiger charge is 2.18. The summed E-state index contributed by atoms with van der Waals surface area (Å²) in [5, 5.41) is 9.63. The average Bonchev–Trinajstić information content (AvgIpc) is 3.10. The second-order valence-electron chi connectivity index (χ2n) is 10.3. The second-order valence-corrected chi connectivity index (χ2v) is 10.6. The summed E-state index contributed by atoms with van der Waals surface area (Å²) in [5.41, 5.74) is 7.85. The molecule has 1 atom stereocenters. The molecule has 2 amide bonds. The van der Waals surface area contributed by atoms with Crippen LogP contribution in [0.4, 0.5) is 0 Å². The SMILES string of the molecule is COCCNC(=O)C(Cc1ccc(-c2c(OC)cnn(C)c2=O)cc1)NC=O.Cc1ccc(OCCOCCOCCOCCN)nc1Cl. The first-order valence-electron chi connectivity index (χ1n) is 15.6. The number of rotatable bonds is 22. The number of hydrogen-bond acceptors (Lipinski definition) is 12. The molecule has 0 aliphatic rings. The smallest absolute Gasteiger partial charge is 0.278 e. The fraction of sp³-hybridized carbons (Fsp3) is 0.485. The van der Waals surface area contributed by atoms with Crippen LogP contribution in [-0.2, 0) is 42.0 Å². The number of benzene rings is 1. The Labute approximate surface area is 291 Å². The molecule has 3 rings (SSSR count). The summed E-state index contributed by atoms with van der Waals surface area (Å²) >= 11 is 5.90. The van der Waals surface area contributed by atoms with Crippen molar-refractivity contribution in [3.05, 3.63) is 69.2 Å². The summed E-state index contributed by atoms with van der Waals surface area (Å²) < 4.78 is 32.6. The number of ether oxygens (including phenoxy) is 6. The van der Waals surface area contributed by atoms with Crippen molar-refractivity contribution in [1.82, 2.24) is 25.4 Å². The van der Waals surface area contributed by atoms with Crippen LogP contribution >= 0.6 is 11.6 Å². The summed E-state index contributed by atoms with van der Waals surface area (Å²) in [6, 6.07) is 10.1. The van der Waals surface area contributed by atoms with Crippen LogP contribution in [0.2, 0.25) is 5.15 Å². The Morgan fingerprint density at radius 3 is 2.22 bits per heavy atom. The monoisotopic (exact) mass is 706 g/mol. The number of halogens is 1. The lowest BCUT2D eigenvalue weighted by molar-refractivity contribution is -0.125. The Kier molecular flexibility index (Phi) is 20.2. The molecule has 0 aliphatic heterocycles. The van der Waals surface area contributed by atoms with E-state index in [9.17, 15) is 14.4 Å². The van der Waals surface area contributed by atoms with Crippen LogP contribution in [0.25, 0.3) is 11.1 Å². The van der Waals surface area contributed by atoms with Gasteiger partial charge >= 0.3 is 0 Å². The van der Waals surface area contributed by atoms with E-state index in [-0.39, 0.29) is 11.5 Å². The van der Waals surface area contributed by atoms with E-state index in [2.05, 4.69) is 20.7 Å². The lowest BCUT2D eigenvalue weighted by atomic mass is 10.0. The van der Waals surface area contributed by atoms with Gasteiger partial charge in [0.25, 0.3) is 5.56 Å². The number of aryl methyl sites for hydroxylation is 2. The van der Waals surface area contributed by atoms with Crippen molar-refractivity contribution in [3.63, 3.8) is 0 Å². The van der Waals surface area contributed by atoms with Crippen molar-refractivity contribution in [2.45, 2.75) is 19.4 Å². The first kappa shape index (κ1) is 41.1. The number of nitrogens with two attached hydrogens (primary N) is 1. The fourth-order valence-corrected chi connectivity index (χ4v) is 4.24. The average molecular weight is 707 g/mol.